The second kappa shape index (κ2) is 3.28. The van der Waals surface area contributed by atoms with E-state index >= 15 is 0 Å². The highest BCUT2D eigenvalue weighted by molar-refractivity contribution is 5.28. The highest BCUT2D eigenvalue weighted by Gasteiger charge is 1.97. The predicted molar refractivity (Wildman–Crippen MR) is 40.0 cm³/mol. The van der Waals surface area contributed by atoms with E-state index in [0.29, 0.717) is 5.56 Å². The summed E-state index contributed by atoms with van der Waals surface area (Å²) in [6.07, 6.45) is 3.01. The molecule has 11 heavy (non-hydrogen) atoms. The number of benzene rings is 1. The molecule has 0 unspecified atom stereocenters. The summed E-state index contributed by atoms with van der Waals surface area (Å²) in [5, 5.41) is 0. The van der Waals surface area contributed by atoms with Crippen LogP contribution in [-0.2, 0) is 0 Å². The van der Waals surface area contributed by atoms with Gasteiger partial charge in [0, 0.05) is 12.5 Å². The minimum atomic E-state index is -0.571. The molecule has 0 saturated carbocycles. The van der Waals surface area contributed by atoms with Crippen LogP contribution in [0.4, 0.5) is 8.78 Å². The Morgan fingerprint density at radius 1 is 1.09 bits per heavy atom. The molecule has 0 aromatic heterocycles. The third kappa shape index (κ3) is 2.15. The van der Waals surface area contributed by atoms with Crippen molar-refractivity contribution in [3.05, 3.63) is 54.5 Å². The first kappa shape index (κ1) is 7.92. The Hall–Kier alpha value is -1.18. The lowest BCUT2D eigenvalue weighted by Crippen LogP contribution is -1.84. The summed E-state index contributed by atoms with van der Waals surface area (Å²) in [6, 6.07) is 3.32. The van der Waals surface area contributed by atoms with Gasteiger partial charge in [0.05, 0.1) is 0 Å². The van der Waals surface area contributed by atoms with Crippen molar-refractivity contribution in [1.82, 2.24) is 0 Å². The standard InChI is InChI=1S/C9H7F2/c1-2-3-7-4-8(10)6-9(11)5-7/h2-6H,1H2. The summed E-state index contributed by atoms with van der Waals surface area (Å²) in [6.45, 7) is 3.41. The van der Waals surface area contributed by atoms with E-state index in [9.17, 15) is 8.78 Å². The quantitative estimate of drug-likeness (QED) is 0.612. The molecule has 1 aromatic carbocycles. The Morgan fingerprint density at radius 3 is 2.09 bits per heavy atom. The Labute approximate surface area is 64.2 Å². The van der Waals surface area contributed by atoms with Gasteiger partial charge >= 0.3 is 0 Å². The number of halogens is 2. The zero-order valence-electron chi connectivity index (χ0n) is 5.85. The summed E-state index contributed by atoms with van der Waals surface area (Å²) < 4.78 is 24.9. The van der Waals surface area contributed by atoms with Crippen LogP contribution < -0.4 is 0 Å². The molecule has 0 nitrogen and oxygen atoms in total. The largest absolute Gasteiger partial charge is 0.207 e. The molecule has 57 valence electrons. The van der Waals surface area contributed by atoms with Gasteiger partial charge in [0.2, 0.25) is 0 Å². The Kier molecular flexibility index (Phi) is 2.36. The van der Waals surface area contributed by atoms with Crippen LogP contribution >= 0.6 is 0 Å². The monoisotopic (exact) mass is 153 g/mol. The van der Waals surface area contributed by atoms with Crippen molar-refractivity contribution in [2.24, 2.45) is 0 Å². The molecule has 0 bridgehead atoms. The first-order valence-electron chi connectivity index (χ1n) is 3.14. The Balaban J connectivity index is 2.98. The molecule has 0 aliphatic rings. The lowest BCUT2D eigenvalue weighted by Gasteiger charge is -1.95. The maximum Gasteiger partial charge on any atom is 0.126 e. The third-order valence-corrected chi connectivity index (χ3v) is 1.20. The van der Waals surface area contributed by atoms with E-state index in [4.69, 9.17) is 0 Å². The molecule has 1 radical (unpaired) electrons. The normalized spacial score (nSPS) is 9.64. The molecule has 0 saturated heterocycles. The SMILES string of the molecule is C=C[CH]c1cc(F)cc(F)c1. The lowest BCUT2D eigenvalue weighted by atomic mass is 10.1. The Bertz CT molecular complexity index is 246. The molecule has 1 aromatic rings. The molecular formula is C9H7F2. The van der Waals surface area contributed by atoms with Crippen molar-refractivity contribution >= 4 is 0 Å². The molecule has 1 rings (SSSR count). The second-order valence-electron chi connectivity index (χ2n) is 2.11. The zero-order chi connectivity index (χ0) is 8.27. The van der Waals surface area contributed by atoms with Crippen molar-refractivity contribution in [3.8, 4) is 0 Å². The van der Waals surface area contributed by atoms with Gasteiger partial charge in [0.1, 0.15) is 11.6 Å². The predicted octanol–water partition coefficient (Wildman–Crippen LogP) is 2.70. The molecule has 0 aliphatic carbocycles. The lowest BCUT2D eigenvalue weighted by molar-refractivity contribution is 0.582. The van der Waals surface area contributed by atoms with Crippen LogP contribution in [-0.4, -0.2) is 0 Å². The van der Waals surface area contributed by atoms with Crippen LogP contribution in [0.1, 0.15) is 5.56 Å². The molecule has 2 heteroatoms. The number of allylic oxidation sites excluding steroid dienone is 1. The van der Waals surface area contributed by atoms with E-state index in [1.807, 2.05) is 0 Å². The van der Waals surface area contributed by atoms with Gasteiger partial charge in [-0.05, 0) is 17.7 Å². The maximum atomic E-state index is 12.5. The fourth-order valence-corrected chi connectivity index (χ4v) is 0.807. The fraction of sp³-hybridized carbons (Fsp3) is 0. The van der Waals surface area contributed by atoms with Gasteiger partial charge in [-0.15, -0.1) is 6.58 Å². The maximum absolute atomic E-state index is 12.5. The zero-order valence-corrected chi connectivity index (χ0v) is 5.85. The molecule has 0 amide bonds. The molecule has 0 fully saturated rings. The summed E-state index contributed by atoms with van der Waals surface area (Å²) in [7, 11) is 0. The minimum absolute atomic E-state index is 0.484. The number of hydrogen-bond donors (Lipinski definition) is 0. The number of rotatable bonds is 2. The topological polar surface area (TPSA) is 0 Å². The van der Waals surface area contributed by atoms with Gasteiger partial charge in [-0.2, -0.15) is 0 Å². The van der Waals surface area contributed by atoms with Crippen LogP contribution in [0, 0.1) is 18.1 Å². The highest BCUT2D eigenvalue weighted by Crippen LogP contribution is 2.09. The molecule has 0 heterocycles. The van der Waals surface area contributed by atoms with Gasteiger partial charge in [-0.1, -0.05) is 6.08 Å². The van der Waals surface area contributed by atoms with E-state index in [1.54, 1.807) is 0 Å². The first-order valence-corrected chi connectivity index (χ1v) is 3.14. The Morgan fingerprint density at radius 2 is 1.64 bits per heavy atom. The van der Waals surface area contributed by atoms with Gasteiger partial charge in [0.15, 0.2) is 0 Å². The highest BCUT2D eigenvalue weighted by atomic mass is 19.1. The van der Waals surface area contributed by atoms with Crippen molar-refractivity contribution < 1.29 is 8.78 Å². The summed E-state index contributed by atoms with van der Waals surface area (Å²) in [4.78, 5) is 0. The molecular weight excluding hydrogens is 146 g/mol. The molecule has 0 atom stereocenters. The number of hydrogen-bond acceptors (Lipinski definition) is 0. The summed E-state index contributed by atoms with van der Waals surface area (Å²) in [5.41, 5.74) is 0.484. The summed E-state index contributed by atoms with van der Waals surface area (Å²) in [5.74, 6) is -1.14. The van der Waals surface area contributed by atoms with E-state index < -0.39 is 11.6 Å². The van der Waals surface area contributed by atoms with Crippen LogP contribution in [0.15, 0.2) is 30.9 Å². The van der Waals surface area contributed by atoms with Gasteiger partial charge in [0.25, 0.3) is 0 Å². The van der Waals surface area contributed by atoms with E-state index in [0.717, 1.165) is 6.07 Å². The third-order valence-electron chi connectivity index (χ3n) is 1.20. The van der Waals surface area contributed by atoms with Crippen LogP contribution in [0.3, 0.4) is 0 Å². The van der Waals surface area contributed by atoms with Gasteiger partial charge in [-0.25, -0.2) is 8.78 Å². The van der Waals surface area contributed by atoms with Crippen LogP contribution in [0.25, 0.3) is 0 Å². The molecule has 0 spiro atoms. The van der Waals surface area contributed by atoms with Crippen molar-refractivity contribution in [2.45, 2.75) is 0 Å². The van der Waals surface area contributed by atoms with Crippen LogP contribution in [0.2, 0.25) is 0 Å². The molecule has 0 N–H and O–H groups in total. The van der Waals surface area contributed by atoms with E-state index in [-0.39, 0.29) is 0 Å². The molecule has 0 aliphatic heterocycles. The minimum Gasteiger partial charge on any atom is -0.207 e. The second-order valence-corrected chi connectivity index (χ2v) is 2.11. The average Bonchev–Trinajstić information content (AvgIpc) is 1.85. The van der Waals surface area contributed by atoms with Gasteiger partial charge < -0.3 is 0 Å². The summed E-state index contributed by atoms with van der Waals surface area (Å²) >= 11 is 0. The van der Waals surface area contributed by atoms with Crippen molar-refractivity contribution in [1.29, 1.82) is 0 Å². The first-order chi connectivity index (χ1) is 5.22. The van der Waals surface area contributed by atoms with Crippen LogP contribution in [0.5, 0.6) is 0 Å². The van der Waals surface area contributed by atoms with Gasteiger partial charge in [-0.3, -0.25) is 0 Å². The van der Waals surface area contributed by atoms with E-state index in [1.165, 1.54) is 24.6 Å². The van der Waals surface area contributed by atoms with Crippen molar-refractivity contribution in [3.63, 3.8) is 0 Å². The smallest absolute Gasteiger partial charge is 0.126 e. The fourth-order valence-electron chi connectivity index (χ4n) is 0.807. The van der Waals surface area contributed by atoms with E-state index in [2.05, 4.69) is 6.58 Å². The average molecular weight is 153 g/mol. The van der Waals surface area contributed by atoms with Crippen molar-refractivity contribution in [2.75, 3.05) is 0 Å².